The Bertz CT molecular complexity index is 971. The van der Waals surface area contributed by atoms with Crippen LogP contribution in [0.5, 0.6) is 0 Å². The van der Waals surface area contributed by atoms with E-state index >= 15 is 0 Å². The van der Waals surface area contributed by atoms with Gasteiger partial charge in [-0.2, -0.15) is 0 Å². The SMILES string of the molecule is CC(C)C[C@H](NC(=O)c1ccc2ccccc2c1)C(=O)N1CCC[C@H]2OCC(=O)[C@H]21. The summed E-state index contributed by atoms with van der Waals surface area (Å²) in [6.07, 6.45) is 1.89. The Kier molecular flexibility index (Phi) is 5.86. The van der Waals surface area contributed by atoms with E-state index in [-0.39, 0.29) is 36.2 Å². The number of amides is 2. The molecule has 0 aromatic heterocycles. The van der Waals surface area contributed by atoms with Gasteiger partial charge < -0.3 is 15.0 Å². The van der Waals surface area contributed by atoms with Crippen LogP contribution in [0.2, 0.25) is 0 Å². The van der Waals surface area contributed by atoms with E-state index in [9.17, 15) is 14.4 Å². The second-order valence-corrected chi connectivity index (χ2v) is 8.65. The molecular formula is C24H28N2O4. The molecule has 0 bridgehead atoms. The zero-order chi connectivity index (χ0) is 21.3. The average Bonchev–Trinajstić information content (AvgIpc) is 3.13. The maximum Gasteiger partial charge on any atom is 0.251 e. The zero-order valence-electron chi connectivity index (χ0n) is 17.5. The van der Waals surface area contributed by atoms with Crippen molar-refractivity contribution < 1.29 is 19.1 Å². The number of likely N-dealkylation sites (tertiary alicyclic amines) is 1. The van der Waals surface area contributed by atoms with E-state index in [0.29, 0.717) is 18.5 Å². The van der Waals surface area contributed by atoms with Gasteiger partial charge in [0.05, 0.1) is 6.10 Å². The molecule has 2 saturated heterocycles. The maximum atomic E-state index is 13.4. The van der Waals surface area contributed by atoms with Gasteiger partial charge in [0.15, 0.2) is 5.78 Å². The number of hydrogen-bond donors (Lipinski definition) is 1. The van der Waals surface area contributed by atoms with E-state index < -0.39 is 12.1 Å². The first kappa shape index (κ1) is 20.5. The number of carbonyl (C=O) groups excluding carboxylic acids is 3. The van der Waals surface area contributed by atoms with E-state index in [0.717, 1.165) is 23.6 Å². The summed E-state index contributed by atoms with van der Waals surface area (Å²) in [4.78, 5) is 40.4. The Hall–Kier alpha value is -2.73. The number of nitrogens with one attached hydrogen (secondary N) is 1. The van der Waals surface area contributed by atoms with Crippen LogP contribution in [0, 0.1) is 5.92 Å². The van der Waals surface area contributed by atoms with Gasteiger partial charge in [0.1, 0.15) is 18.7 Å². The molecule has 1 N–H and O–H groups in total. The van der Waals surface area contributed by atoms with Crippen LogP contribution < -0.4 is 5.32 Å². The number of nitrogens with zero attached hydrogens (tertiary/aromatic N) is 1. The number of ketones is 1. The predicted octanol–water partition coefficient (Wildman–Crippen LogP) is 2.94. The predicted molar refractivity (Wildman–Crippen MR) is 114 cm³/mol. The smallest absolute Gasteiger partial charge is 0.251 e. The summed E-state index contributed by atoms with van der Waals surface area (Å²) in [7, 11) is 0. The lowest BCUT2D eigenvalue weighted by Gasteiger charge is -2.37. The van der Waals surface area contributed by atoms with Gasteiger partial charge in [0.2, 0.25) is 5.91 Å². The molecule has 2 heterocycles. The molecule has 2 aromatic rings. The van der Waals surface area contributed by atoms with Gasteiger partial charge in [-0.3, -0.25) is 14.4 Å². The lowest BCUT2D eigenvalue weighted by Crippen LogP contribution is -2.58. The Balaban J connectivity index is 1.55. The van der Waals surface area contributed by atoms with Gasteiger partial charge in [-0.15, -0.1) is 0 Å². The number of hydrogen-bond acceptors (Lipinski definition) is 4. The Morgan fingerprint density at radius 1 is 1.17 bits per heavy atom. The normalized spacial score (nSPS) is 22.2. The first-order valence-corrected chi connectivity index (χ1v) is 10.7. The molecule has 2 aromatic carbocycles. The first-order valence-electron chi connectivity index (χ1n) is 10.7. The van der Waals surface area contributed by atoms with Gasteiger partial charge in [-0.25, -0.2) is 0 Å². The summed E-state index contributed by atoms with van der Waals surface area (Å²) in [6, 6.07) is 12.2. The number of carbonyl (C=O) groups is 3. The van der Waals surface area contributed by atoms with Gasteiger partial charge in [-0.1, -0.05) is 44.2 Å². The second-order valence-electron chi connectivity index (χ2n) is 8.65. The number of Topliss-reactive ketones (excluding diaryl/α,β-unsaturated/α-hetero) is 1. The third-order valence-corrected chi connectivity index (χ3v) is 5.95. The molecule has 0 spiro atoms. The fourth-order valence-electron chi connectivity index (χ4n) is 4.50. The fraction of sp³-hybridized carbons (Fsp3) is 0.458. The average molecular weight is 408 g/mol. The van der Waals surface area contributed by atoms with Crippen molar-refractivity contribution in [3.8, 4) is 0 Å². The summed E-state index contributed by atoms with van der Waals surface area (Å²) >= 11 is 0. The highest BCUT2D eigenvalue weighted by molar-refractivity contribution is 6.01. The minimum atomic E-state index is -0.670. The Morgan fingerprint density at radius 2 is 1.93 bits per heavy atom. The first-order chi connectivity index (χ1) is 14.4. The van der Waals surface area contributed by atoms with Crippen LogP contribution in [0.4, 0.5) is 0 Å². The lowest BCUT2D eigenvalue weighted by molar-refractivity contribution is -0.142. The minimum Gasteiger partial charge on any atom is -0.368 e. The molecule has 6 heteroatoms. The molecule has 0 unspecified atom stereocenters. The second kappa shape index (κ2) is 8.56. The van der Waals surface area contributed by atoms with Crippen LogP contribution in [0.15, 0.2) is 42.5 Å². The highest BCUT2D eigenvalue weighted by Crippen LogP contribution is 2.27. The number of rotatable bonds is 5. The van der Waals surface area contributed by atoms with Crippen molar-refractivity contribution in [2.24, 2.45) is 5.92 Å². The van der Waals surface area contributed by atoms with E-state index in [4.69, 9.17) is 4.74 Å². The Labute approximate surface area is 176 Å². The molecule has 0 aliphatic carbocycles. The lowest BCUT2D eigenvalue weighted by atomic mass is 9.95. The summed E-state index contributed by atoms with van der Waals surface area (Å²) in [6.45, 7) is 4.63. The van der Waals surface area contributed by atoms with Crippen LogP contribution >= 0.6 is 0 Å². The molecule has 0 saturated carbocycles. The number of piperidine rings is 1. The molecule has 2 aliphatic heterocycles. The van der Waals surface area contributed by atoms with Crippen molar-refractivity contribution in [3.63, 3.8) is 0 Å². The van der Waals surface area contributed by atoms with Crippen molar-refractivity contribution in [3.05, 3.63) is 48.0 Å². The molecule has 2 aliphatic rings. The molecule has 0 radical (unpaired) electrons. The largest absolute Gasteiger partial charge is 0.368 e. The topological polar surface area (TPSA) is 75.7 Å². The van der Waals surface area contributed by atoms with Crippen LogP contribution in [0.3, 0.4) is 0 Å². The number of ether oxygens (including phenoxy) is 1. The van der Waals surface area contributed by atoms with Gasteiger partial charge in [0.25, 0.3) is 5.91 Å². The standard InChI is InChI=1S/C24H28N2O4/c1-15(2)12-19(24(29)26-11-5-8-21-22(26)20(27)14-30-21)25-23(28)18-10-9-16-6-3-4-7-17(16)13-18/h3-4,6-7,9-10,13,15,19,21-22H,5,8,11-12,14H2,1-2H3,(H,25,28)/t19-,21+,22+/m0/s1. The van der Waals surface area contributed by atoms with Crippen LogP contribution in [-0.4, -0.2) is 53.8 Å². The van der Waals surface area contributed by atoms with Gasteiger partial charge in [-0.05, 0) is 48.1 Å². The van der Waals surface area contributed by atoms with Crippen LogP contribution in [0.25, 0.3) is 10.8 Å². The van der Waals surface area contributed by atoms with Gasteiger partial charge >= 0.3 is 0 Å². The number of fused-ring (bicyclic) bond motifs is 2. The van der Waals surface area contributed by atoms with E-state index in [1.165, 1.54) is 0 Å². The molecule has 3 atom stereocenters. The van der Waals surface area contributed by atoms with Crippen molar-refractivity contribution in [1.82, 2.24) is 10.2 Å². The summed E-state index contributed by atoms with van der Waals surface area (Å²) in [5.74, 6) is -0.294. The van der Waals surface area contributed by atoms with Crippen molar-refractivity contribution in [2.45, 2.75) is 51.3 Å². The third-order valence-electron chi connectivity index (χ3n) is 5.95. The summed E-state index contributed by atoms with van der Waals surface area (Å²) in [5, 5.41) is 4.97. The van der Waals surface area contributed by atoms with E-state index in [2.05, 4.69) is 5.32 Å². The fourth-order valence-corrected chi connectivity index (χ4v) is 4.50. The highest BCUT2D eigenvalue weighted by atomic mass is 16.5. The molecule has 2 amide bonds. The van der Waals surface area contributed by atoms with Crippen molar-refractivity contribution >= 4 is 28.4 Å². The number of benzene rings is 2. The van der Waals surface area contributed by atoms with Crippen LogP contribution in [0.1, 0.15) is 43.5 Å². The molecule has 30 heavy (non-hydrogen) atoms. The van der Waals surface area contributed by atoms with E-state index in [1.54, 1.807) is 11.0 Å². The van der Waals surface area contributed by atoms with E-state index in [1.807, 2.05) is 50.2 Å². The van der Waals surface area contributed by atoms with Crippen molar-refractivity contribution in [1.29, 1.82) is 0 Å². The molecule has 6 nitrogen and oxygen atoms in total. The molecule has 2 fully saturated rings. The maximum absolute atomic E-state index is 13.4. The molecular weight excluding hydrogens is 380 g/mol. The molecule has 158 valence electrons. The summed E-state index contributed by atoms with van der Waals surface area (Å²) in [5.41, 5.74) is 0.520. The summed E-state index contributed by atoms with van der Waals surface area (Å²) < 4.78 is 5.57. The quantitative estimate of drug-likeness (QED) is 0.825. The van der Waals surface area contributed by atoms with Crippen LogP contribution in [-0.2, 0) is 14.3 Å². The van der Waals surface area contributed by atoms with Gasteiger partial charge in [0, 0.05) is 12.1 Å². The highest BCUT2D eigenvalue weighted by Gasteiger charge is 2.45. The third kappa shape index (κ3) is 4.10. The molecule has 4 rings (SSSR count). The Morgan fingerprint density at radius 3 is 2.70 bits per heavy atom. The minimum absolute atomic E-state index is 0.0443. The zero-order valence-corrected chi connectivity index (χ0v) is 17.5. The monoisotopic (exact) mass is 408 g/mol. The van der Waals surface area contributed by atoms with Crippen molar-refractivity contribution in [2.75, 3.05) is 13.2 Å².